The summed E-state index contributed by atoms with van der Waals surface area (Å²) in [6, 6.07) is 9.20. The Kier molecular flexibility index (Phi) is 16.1. The monoisotopic (exact) mass is 718 g/mol. The summed E-state index contributed by atoms with van der Waals surface area (Å²) in [6.45, 7) is 4.42. The minimum Gasteiger partial charge on any atom is -0.481 e. The number of carboxylic acids is 1. The van der Waals surface area contributed by atoms with Crippen molar-refractivity contribution in [3.05, 3.63) is 69.8 Å². The number of allylic oxidation sites excluding steroid dienone is 2. The topological polar surface area (TPSA) is 72.8 Å². The summed E-state index contributed by atoms with van der Waals surface area (Å²) in [5.74, 6) is 1.98. The summed E-state index contributed by atoms with van der Waals surface area (Å²) in [7, 11) is -3.46. The van der Waals surface area contributed by atoms with E-state index in [9.17, 15) is 4.79 Å². The highest BCUT2D eigenvalue weighted by molar-refractivity contribution is 7.54. The third-order valence-corrected chi connectivity index (χ3v) is 13.4. The summed E-state index contributed by atoms with van der Waals surface area (Å²) in [5.41, 5.74) is 7.44. The van der Waals surface area contributed by atoms with Crippen molar-refractivity contribution < 1.29 is 23.5 Å². The molecular formula is C45H67O5P. The second-order valence-corrected chi connectivity index (χ2v) is 18.2. The SMILES string of the molecule is Cc1cc2c(c(C3CCCCC3)c1)OP(=O)(CCCCCCCC/C=C\CCCCCCCC(=O)O)Oc1c(cc(C)cc1C1CCCCC1)C2. The maximum absolute atomic E-state index is 15.1. The van der Waals surface area contributed by atoms with Crippen LogP contribution in [-0.2, 0) is 15.8 Å². The van der Waals surface area contributed by atoms with Gasteiger partial charge in [-0.25, -0.2) is 4.57 Å². The molecular weight excluding hydrogens is 651 g/mol. The molecule has 0 saturated heterocycles. The average Bonchev–Trinajstić information content (AvgIpc) is 3.11. The molecule has 2 aromatic rings. The lowest BCUT2D eigenvalue weighted by atomic mass is 9.80. The lowest BCUT2D eigenvalue weighted by Crippen LogP contribution is -2.16. The molecule has 3 aliphatic rings. The fraction of sp³-hybridized carbons (Fsp3) is 0.667. The molecule has 282 valence electrons. The maximum atomic E-state index is 15.1. The van der Waals surface area contributed by atoms with E-state index in [1.165, 1.54) is 130 Å². The number of hydrogen-bond acceptors (Lipinski definition) is 4. The van der Waals surface area contributed by atoms with E-state index in [2.05, 4.69) is 50.3 Å². The van der Waals surface area contributed by atoms with Crippen molar-refractivity contribution in [3.8, 4) is 11.5 Å². The fourth-order valence-electron chi connectivity index (χ4n) is 8.85. The maximum Gasteiger partial charge on any atom is 0.430 e. The van der Waals surface area contributed by atoms with E-state index in [4.69, 9.17) is 14.2 Å². The van der Waals surface area contributed by atoms with Crippen LogP contribution in [0.2, 0.25) is 0 Å². The van der Waals surface area contributed by atoms with Gasteiger partial charge in [0.15, 0.2) is 0 Å². The second-order valence-electron chi connectivity index (χ2n) is 16.1. The van der Waals surface area contributed by atoms with Crippen molar-refractivity contribution in [2.45, 2.75) is 186 Å². The highest BCUT2D eigenvalue weighted by atomic mass is 31.2. The van der Waals surface area contributed by atoms with E-state index in [0.717, 1.165) is 69.3 Å². The van der Waals surface area contributed by atoms with Crippen LogP contribution >= 0.6 is 7.60 Å². The Morgan fingerprint density at radius 1 is 0.647 bits per heavy atom. The number of carbonyl (C=O) groups is 1. The minimum atomic E-state index is -3.46. The van der Waals surface area contributed by atoms with Crippen LogP contribution in [0.25, 0.3) is 0 Å². The summed E-state index contributed by atoms with van der Waals surface area (Å²) in [6.07, 6.45) is 32.8. The molecule has 6 heteroatoms. The zero-order valence-corrected chi connectivity index (χ0v) is 32.9. The zero-order valence-electron chi connectivity index (χ0n) is 32.0. The van der Waals surface area contributed by atoms with Crippen molar-refractivity contribution in [1.82, 2.24) is 0 Å². The number of hydrogen-bond donors (Lipinski definition) is 1. The molecule has 2 fully saturated rings. The van der Waals surface area contributed by atoms with Crippen molar-refractivity contribution >= 4 is 13.6 Å². The highest BCUT2D eigenvalue weighted by Gasteiger charge is 2.36. The molecule has 51 heavy (non-hydrogen) atoms. The molecule has 2 aliphatic carbocycles. The number of unbranched alkanes of at least 4 members (excludes halogenated alkanes) is 11. The lowest BCUT2D eigenvalue weighted by Gasteiger charge is -2.33. The molecule has 5 rings (SSSR count). The number of fused-ring (bicyclic) bond motifs is 2. The number of carboxylic acid groups (broad SMARTS) is 1. The number of benzene rings is 2. The Hall–Kier alpha value is -2.52. The number of rotatable bonds is 19. The summed E-state index contributed by atoms with van der Waals surface area (Å²) >= 11 is 0. The van der Waals surface area contributed by atoms with Crippen LogP contribution in [-0.4, -0.2) is 17.2 Å². The van der Waals surface area contributed by atoms with Gasteiger partial charge < -0.3 is 14.2 Å². The van der Waals surface area contributed by atoms with Crippen LogP contribution in [0.3, 0.4) is 0 Å². The molecule has 2 saturated carbocycles. The number of aliphatic carboxylic acids is 1. The van der Waals surface area contributed by atoms with Crippen LogP contribution < -0.4 is 9.05 Å². The molecule has 2 aromatic carbocycles. The van der Waals surface area contributed by atoms with Gasteiger partial charge in [-0.3, -0.25) is 4.79 Å². The molecule has 1 aliphatic heterocycles. The molecule has 0 amide bonds. The normalized spacial score (nSPS) is 18.0. The first-order valence-electron chi connectivity index (χ1n) is 20.9. The van der Waals surface area contributed by atoms with Gasteiger partial charge in [0.05, 0.1) is 6.16 Å². The summed E-state index contributed by atoms with van der Waals surface area (Å²) < 4.78 is 28.7. The fourth-order valence-corrected chi connectivity index (χ4v) is 10.7. The zero-order chi connectivity index (χ0) is 35.9. The highest BCUT2D eigenvalue weighted by Crippen LogP contribution is 2.57. The Bertz CT molecular complexity index is 1390. The van der Waals surface area contributed by atoms with Gasteiger partial charge in [-0.05, 0) is 112 Å². The van der Waals surface area contributed by atoms with Crippen LogP contribution in [0.4, 0.5) is 0 Å². The molecule has 0 aromatic heterocycles. The third kappa shape index (κ3) is 12.5. The smallest absolute Gasteiger partial charge is 0.430 e. The van der Waals surface area contributed by atoms with Gasteiger partial charge >= 0.3 is 13.6 Å². The van der Waals surface area contributed by atoms with Gasteiger partial charge in [-0.2, -0.15) is 0 Å². The van der Waals surface area contributed by atoms with Gasteiger partial charge in [0.1, 0.15) is 11.5 Å². The molecule has 0 unspecified atom stereocenters. The van der Waals surface area contributed by atoms with Crippen LogP contribution in [0, 0.1) is 13.8 Å². The largest absolute Gasteiger partial charge is 0.481 e. The molecule has 1 heterocycles. The van der Waals surface area contributed by atoms with Gasteiger partial charge in [0.2, 0.25) is 0 Å². The Balaban J connectivity index is 1.18. The van der Waals surface area contributed by atoms with E-state index in [1.54, 1.807) is 0 Å². The van der Waals surface area contributed by atoms with E-state index >= 15 is 4.57 Å². The van der Waals surface area contributed by atoms with E-state index in [1.807, 2.05) is 0 Å². The van der Waals surface area contributed by atoms with Crippen LogP contribution in [0.5, 0.6) is 11.5 Å². The summed E-state index contributed by atoms with van der Waals surface area (Å²) in [5, 5.41) is 8.73. The van der Waals surface area contributed by atoms with Gasteiger partial charge in [-0.15, -0.1) is 0 Å². The molecule has 1 N–H and O–H groups in total. The van der Waals surface area contributed by atoms with Crippen molar-refractivity contribution in [2.75, 3.05) is 6.16 Å². The molecule has 0 atom stereocenters. The molecule has 0 bridgehead atoms. The predicted octanol–water partition coefficient (Wildman–Crippen LogP) is 14.1. The molecule has 5 nitrogen and oxygen atoms in total. The van der Waals surface area contributed by atoms with E-state index in [0.29, 0.717) is 24.4 Å². The quantitative estimate of drug-likeness (QED) is 0.0889. The Morgan fingerprint density at radius 2 is 1.08 bits per heavy atom. The lowest BCUT2D eigenvalue weighted by molar-refractivity contribution is -0.137. The minimum absolute atomic E-state index is 0.301. The molecule has 0 radical (unpaired) electrons. The average molecular weight is 719 g/mol. The predicted molar refractivity (Wildman–Crippen MR) is 212 cm³/mol. The van der Waals surface area contributed by atoms with Crippen LogP contribution in [0.15, 0.2) is 36.4 Å². The first kappa shape index (κ1) is 39.7. The van der Waals surface area contributed by atoms with Crippen molar-refractivity contribution in [3.63, 3.8) is 0 Å². The second kappa shape index (κ2) is 20.6. The Labute approximate surface area is 309 Å². The van der Waals surface area contributed by atoms with E-state index in [-0.39, 0.29) is 0 Å². The third-order valence-electron chi connectivity index (χ3n) is 11.6. The number of aryl methyl sites for hydroxylation is 2. The first-order valence-corrected chi connectivity index (χ1v) is 22.7. The summed E-state index contributed by atoms with van der Waals surface area (Å²) in [4.78, 5) is 10.6. The van der Waals surface area contributed by atoms with E-state index < -0.39 is 13.6 Å². The van der Waals surface area contributed by atoms with Crippen molar-refractivity contribution in [2.24, 2.45) is 0 Å². The molecule has 0 spiro atoms. The van der Waals surface area contributed by atoms with Gasteiger partial charge in [0, 0.05) is 12.8 Å². The first-order chi connectivity index (χ1) is 24.8. The van der Waals surface area contributed by atoms with Gasteiger partial charge in [0.25, 0.3) is 0 Å². The van der Waals surface area contributed by atoms with Crippen LogP contribution in [0.1, 0.15) is 199 Å². The van der Waals surface area contributed by atoms with Crippen molar-refractivity contribution in [1.29, 1.82) is 0 Å². The Morgan fingerprint density at radius 3 is 1.55 bits per heavy atom. The van der Waals surface area contributed by atoms with Gasteiger partial charge in [-0.1, -0.05) is 131 Å². The standard InChI is InChI=1S/C45H67O5P/c1-35-30-39-34-40-31-36(2)33-42(38-26-20-17-21-27-38)45(40)50-51(48,49-44(39)41(32-35)37-24-18-16-19-25-37)29-23-15-13-11-9-7-5-3-4-6-8-10-12-14-22-28-43(46)47/h3-4,30-33,37-38H,5-29,34H2,1-2H3,(H,46,47)/b4-3-.